The summed E-state index contributed by atoms with van der Waals surface area (Å²) in [4.78, 5) is 18.7. The lowest BCUT2D eigenvalue weighted by Gasteiger charge is -2.17. The number of carbonyl (C=O) groups excluding carboxylic acids is 1. The molecule has 23 heavy (non-hydrogen) atoms. The van der Waals surface area contributed by atoms with E-state index >= 15 is 0 Å². The number of thioether (sulfide) groups is 1. The second-order valence-corrected chi connectivity index (χ2v) is 6.15. The number of pyridine rings is 1. The molecule has 2 aromatic heterocycles. The Morgan fingerprint density at radius 3 is 2.96 bits per heavy atom. The van der Waals surface area contributed by atoms with Crippen LogP contribution in [0.3, 0.4) is 0 Å². The highest BCUT2D eigenvalue weighted by molar-refractivity contribution is 7.98. The molecule has 0 aromatic carbocycles. The van der Waals surface area contributed by atoms with Crippen LogP contribution >= 0.6 is 11.8 Å². The fourth-order valence-electron chi connectivity index (χ4n) is 2.52. The van der Waals surface area contributed by atoms with Gasteiger partial charge in [0.2, 0.25) is 5.88 Å². The molecule has 0 N–H and O–H groups in total. The first-order valence-electron chi connectivity index (χ1n) is 7.42. The van der Waals surface area contributed by atoms with Crippen molar-refractivity contribution in [2.75, 3.05) is 19.3 Å². The van der Waals surface area contributed by atoms with E-state index in [2.05, 4.69) is 15.2 Å². The van der Waals surface area contributed by atoms with Crippen LogP contribution in [0.5, 0.6) is 5.88 Å². The van der Waals surface area contributed by atoms with E-state index in [9.17, 15) is 4.79 Å². The van der Waals surface area contributed by atoms with Crippen molar-refractivity contribution in [3.05, 3.63) is 41.7 Å². The van der Waals surface area contributed by atoms with Crippen LogP contribution in [0.25, 0.3) is 0 Å². The zero-order chi connectivity index (χ0) is 16.2. The summed E-state index contributed by atoms with van der Waals surface area (Å²) in [6.07, 6.45) is 4.36. The number of ether oxygens (including phenoxy) is 1. The maximum atomic E-state index is 12.7. The van der Waals surface area contributed by atoms with Crippen LogP contribution in [0.2, 0.25) is 0 Å². The minimum Gasteiger partial charge on any atom is -0.471 e. The van der Waals surface area contributed by atoms with Gasteiger partial charge in [0.25, 0.3) is 5.91 Å². The molecule has 0 radical (unpaired) electrons. The molecule has 3 heterocycles. The highest BCUT2D eigenvalue weighted by atomic mass is 32.2. The summed E-state index contributed by atoms with van der Waals surface area (Å²) >= 11 is 1.48. The Bertz CT molecular complexity index is 693. The molecule has 6 nitrogen and oxygen atoms in total. The Morgan fingerprint density at radius 2 is 2.22 bits per heavy atom. The molecular weight excluding hydrogens is 312 g/mol. The molecule has 0 bridgehead atoms. The van der Waals surface area contributed by atoms with Crippen molar-refractivity contribution in [3.63, 3.8) is 0 Å². The molecule has 1 atom stereocenters. The van der Waals surface area contributed by atoms with Crippen LogP contribution in [0.4, 0.5) is 0 Å². The van der Waals surface area contributed by atoms with Gasteiger partial charge in [0.05, 0.1) is 17.8 Å². The Morgan fingerprint density at radius 1 is 1.35 bits per heavy atom. The van der Waals surface area contributed by atoms with Gasteiger partial charge >= 0.3 is 0 Å². The SMILES string of the molecule is CSc1ncccc1C(=O)N1CCC(Oc2ccc(C)nn2)C1. The third-order valence-electron chi connectivity index (χ3n) is 3.69. The van der Waals surface area contributed by atoms with E-state index in [1.807, 2.05) is 30.2 Å². The highest BCUT2D eigenvalue weighted by Gasteiger charge is 2.29. The Hall–Kier alpha value is -2.15. The smallest absolute Gasteiger partial charge is 0.256 e. The summed E-state index contributed by atoms with van der Waals surface area (Å²) in [6, 6.07) is 7.28. The number of hydrogen-bond donors (Lipinski definition) is 0. The lowest BCUT2D eigenvalue weighted by Crippen LogP contribution is -2.31. The Kier molecular flexibility index (Phi) is 4.76. The van der Waals surface area contributed by atoms with Crippen molar-refractivity contribution in [1.29, 1.82) is 0 Å². The number of likely N-dealkylation sites (tertiary alicyclic amines) is 1. The number of carbonyl (C=O) groups is 1. The van der Waals surface area contributed by atoms with Gasteiger partial charge in [-0.3, -0.25) is 4.79 Å². The third kappa shape index (κ3) is 3.61. The summed E-state index contributed by atoms with van der Waals surface area (Å²) in [7, 11) is 0. The molecule has 1 saturated heterocycles. The average Bonchev–Trinajstić information content (AvgIpc) is 3.05. The lowest BCUT2D eigenvalue weighted by molar-refractivity contribution is 0.0766. The number of nitrogens with zero attached hydrogens (tertiary/aromatic N) is 4. The maximum absolute atomic E-state index is 12.7. The normalized spacial score (nSPS) is 17.3. The molecule has 1 fully saturated rings. The fraction of sp³-hybridized carbons (Fsp3) is 0.375. The van der Waals surface area contributed by atoms with Crippen molar-refractivity contribution >= 4 is 17.7 Å². The summed E-state index contributed by atoms with van der Waals surface area (Å²) in [5.74, 6) is 0.504. The zero-order valence-electron chi connectivity index (χ0n) is 13.1. The Labute approximate surface area is 139 Å². The van der Waals surface area contributed by atoms with Crippen molar-refractivity contribution in [3.8, 4) is 5.88 Å². The molecule has 0 spiro atoms. The highest BCUT2D eigenvalue weighted by Crippen LogP contribution is 2.22. The topological polar surface area (TPSA) is 68.2 Å². The van der Waals surface area contributed by atoms with E-state index in [-0.39, 0.29) is 12.0 Å². The average molecular weight is 330 g/mol. The molecule has 1 amide bonds. The third-order valence-corrected chi connectivity index (χ3v) is 4.40. The van der Waals surface area contributed by atoms with E-state index in [1.165, 1.54) is 11.8 Å². The fourth-order valence-corrected chi connectivity index (χ4v) is 3.06. The number of aryl methyl sites for hydroxylation is 1. The van der Waals surface area contributed by atoms with Gasteiger partial charge in [-0.05, 0) is 31.4 Å². The van der Waals surface area contributed by atoms with E-state index in [0.717, 1.165) is 17.1 Å². The van der Waals surface area contributed by atoms with Crippen LogP contribution in [-0.4, -0.2) is 51.4 Å². The standard InChI is InChI=1S/C16H18N4O2S/c1-11-5-6-14(19-18-11)22-12-7-9-20(10-12)16(21)13-4-3-8-17-15(13)23-2/h3-6,8,12H,7,9-10H2,1-2H3. The molecule has 1 unspecified atom stereocenters. The number of amides is 1. The van der Waals surface area contributed by atoms with E-state index < -0.39 is 0 Å². The summed E-state index contributed by atoms with van der Waals surface area (Å²) in [6.45, 7) is 3.10. The van der Waals surface area contributed by atoms with Crippen molar-refractivity contribution < 1.29 is 9.53 Å². The van der Waals surface area contributed by atoms with Gasteiger partial charge in [-0.15, -0.1) is 16.9 Å². The first kappa shape index (κ1) is 15.7. The number of rotatable bonds is 4. The zero-order valence-corrected chi connectivity index (χ0v) is 13.9. The predicted octanol–water partition coefficient (Wildman–Crippen LogP) is 2.20. The summed E-state index contributed by atoms with van der Waals surface area (Å²) in [5, 5.41) is 8.74. The van der Waals surface area contributed by atoms with Crippen LogP contribution in [0, 0.1) is 6.92 Å². The van der Waals surface area contributed by atoms with Gasteiger partial charge < -0.3 is 9.64 Å². The Balaban J connectivity index is 1.65. The van der Waals surface area contributed by atoms with E-state index in [4.69, 9.17) is 4.74 Å². The van der Waals surface area contributed by atoms with Gasteiger partial charge in [0, 0.05) is 25.2 Å². The van der Waals surface area contributed by atoms with Crippen molar-refractivity contribution in [1.82, 2.24) is 20.1 Å². The van der Waals surface area contributed by atoms with Crippen molar-refractivity contribution in [2.45, 2.75) is 24.5 Å². The second-order valence-electron chi connectivity index (χ2n) is 5.35. The number of aromatic nitrogens is 3. The largest absolute Gasteiger partial charge is 0.471 e. The van der Waals surface area contributed by atoms with Gasteiger partial charge in [-0.1, -0.05) is 0 Å². The molecule has 1 aliphatic rings. The minimum absolute atomic E-state index is 0.00328. The summed E-state index contributed by atoms with van der Waals surface area (Å²) in [5.41, 5.74) is 1.50. The van der Waals surface area contributed by atoms with Crippen molar-refractivity contribution in [2.24, 2.45) is 0 Å². The molecular formula is C16H18N4O2S. The monoisotopic (exact) mass is 330 g/mol. The molecule has 2 aromatic rings. The predicted molar refractivity (Wildman–Crippen MR) is 87.7 cm³/mol. The molecule has 3 rings (SSSR count). The molecule has 7 heteroatoms. The quantitative estimate of drug-likeness (QED) is 0.801. The lowest BCUT2D eigenvalue weighted by atomic mass is 10.2. The minimum atomic E-state index is -0.0506. The first-order valence-corrected chi connectivity index (χ1v) is 8.65. The van der Waals surface area contributed by atoms with Gasteiger partial charge in [0.1, 0.15) is 11.1 Å². The van der Waals surface area contributed by atoms with Crippen LogP contribution in [-0.2, 0) is 0 Å². The van der Waals surface area contributed by atoms with Gasteiger partial charge in [-0.2, -0.15) is 5.10 Å². The maximum Gasteiger partial charge on any atom is 0.256 e. The van der Waals surface area contributed by atoms with E-state index in [1.54, 1.807) is 18.3 Å². The van der Waals surface area contributed by atoms with Gasteiger partial charge in [0.15, 0.2) is 0 Å². The van der Waals surface area contributed by atoms with E-state index in [0.29, 0.717) is 24.5 Å². The van der Waals surface area contributed by atoms with Crippen LogP contribution in [0.15, 0.2) is 35.5 Å². The molecule has 0 saturated carbocycles. The molecule has 120 valence electrons. The first-order chi connectivity index (χ1) is 11.2. The number of hydrogen-bond acceptors (Lipinski definition) is 6. The summed E-state index contributed by atoms with van der Waals surface area (Å²) < 4.78 is 5.81. The van der Waals surface area contributed by atoms with Crippen LogP contribution in [0.1, 0.15) is 22.5 Å². The molecule has 1 aliphatic heterocycles. The second kappa shape index (κ2) is 6.95. The van der Waals surface area contributed by atoms with Gasteiger partial charge in [-0.25, -0.2) is 4.98 Å². The van der Waals surface area contributed by atoms with Crippen LogP contribution < -0.4 is 4.74 Å². The molecule has 0 aliphatic carbocycles.